The summed E-state index contributed by atoms with van der Waals surface area (Å²) in [6.07, 6.45) is -2.69. The third kappa shape index (κ3) is 5.17. The number of imidazole rings is 1. The Morgan fingerprint density at radius 3 is 2.73 bits per heavy atom. The number of aliphatic hydroxyl groups excluding tert-OH is 1. The average molecular weight is 430 g/mol. The molecule has 2 atom stereocenters. The number of rotatable bonds is 6. The van der Waals surface area contributed by atoms with E-state index in [-0.39, 0.29) is 37.8 Å². The van der Waals surface area contributed by atoms with Crippen LogP contribution < -0.4 is 4.90 Å². The topological polar surface area (TPSA) is 102 Å². The van der Waals surface area contributed by atoms with Crippen molar-refractivity contribution < 1.29 is 27.1 Å². The van der Waals surface area contributed by atoms with E-state index in [1.54, 1.807) is 0 Å². The molecule has 2 aromatic heterocycles. The van der Waals surface area contributed by atoms with Gasteiger partial charge in [0.15, 0.2) is 0 Å². The molecule has 1 fully saturated rings. The smallest absolute Gasteiger partial charge is 0.393 e. The van der Waals surface area contributed by atoms with E-state index in [0.717, 1.165) is 6.08 Å². The Balaban J connectivity index is 1.80. The highest BCUT2D eigenvalue weighted by Crippen LogP contribution is 2.36. The van der Waals surface area contributed by atoms with Crippen molar-refractivity contribution in [2.75, 3.05) is 24.6 Å². The maximum atomic E-state index is 13.2. The molecule has 0 bridgehead atoms. The van der Waals surface area contributed by atoms with E-state index in [9.17, 15) is 27.1 Å². The lowest BCUT2D eigenvalue weighted by atomic mass is 9.89. The lowest BCUT2D eigenvalue weighted by Gasteiger charge is -2.38. The van der Waals surface area contributed by atoms with Crippen LogP contribution in [0.15, 0.2) is 24.7 Å². The van der Waals surface area contributed by atoms with Crippen LogP contribution in [0.25, 0.3) is 17.5 Å². The van der Waals surface area contributed by atoms with Gasteiger partial charge in [-0.15, -0.1) is 0 Å². The lowest BCUT2D eigenvalue weighted by molar-refractivity contribution is -0.180. The SMILES string of the molecule is N=C(/C=C\c1ncc(-c2cc(N3C[C@H](CO)C[C@@H](C(F)(F)F)C3)ncn2)[nH]1)C(F)F. The van der Waals surface area contributed by atoms with Gasteiger partial charge in [0.1, 0.15) is 18.0 Å². The number of piperidine rings is 1. The molecular formula is C18H19F5N6O. The standard InChI is InChI=1S/C18H19F5N6O/c19-17(20)12(24)1-2-15-25-5-14(28-15)13-4-16(27-9-26-13)29-6-10(8-30)3-11(7-29)18(21,22)23/h1-2,4-5,9-11,17,24,30H,3,6-8H2,(H,25,28)/b2-1-,24-12?/t10-,11-/m1/s1. The number of aromatic nitrogens is 4. The number of alkyl halides is 5. The summed E-state index contributed by atoms with van der Waals surface area (Å²) in [5, 5.41) is 16.5. The van der Waals surface area contributed by atoms with Gasteiger partial charge in [-0.05, 0) is 18.6 Å². The molecule has 162 valence electrons. The molecule has 0 spiro atoms. The van der Waals surface area contributed by atoms with Gasteiger partial charge in [0.2, 0.25) is 0 Å². The summed E-state index contributed by atoms with van der Waals surface area (Å²) in [7, 11) is 0. The molecule has 0 saturated carbocycles. The van der Waals surface area contributed by atoms with E-state index >= 15 is 0 Å². The zero-order valence-corrected chi connectivity index (χ0v) is 15.6. The van der Waals surface area contributed by atoms with Gasteiger partial charge in [0.25, 0.3) is 6.43 Å². The first-order chi connectivity index (χ1) is 14.2. The van der Waals surface area contributed by atoms with Crippen molar-refractivity contribution in [3.63, 3.8) is 0 Å². The average Bonchev–Trinajstić information content (AvgIpc) is 3.20. The van der Waals surface area contributed by atoms with Crippen LogP contribution in [-0.4, -0.2) is 63.1 Å². The summed E-state index contributed by atoms with van der Waals surface area (Å²) >= 11 is 0. The Morgan fingerprint density at radius 1 is 1.30 bits per heavy atom. The van der Waals surface area contributed by atoms with Crippen molar-refractivity contribution in [3.05, 3.63) is 30.5 Å². The van der Waals surface area contributed by atoms with Gasteiger partial charge in [-0.1, -0.05) is 0 Å². The van der Waals surface area contributed by atoms with E-state index in [0.29, 0.717) is 11.4 Å². The van der Waals surface area contributed by atoms with Crippen molar-refractivity contribution in [3.8, 4) is 11.4 Å². The van der Waals surface area contributed by atoms with Gasteiger partial charge in [0, 0.05) is 31.7 Å². The fourth-order valence-electron chi connectivity index (χ4n) is 3.22. The second-order valence-electron chi connectivity index (χ2n) is 6.96. The number of halogens is 5. The second-order valence-corrected chi connectivity index (χ2v) is 6.96. The maximum absolute atomic E-state index is 13.2. The van der Waals surface area contributed by atoms with Crippen LogP contribution in [0.1, 0.15) is 12.2 Å². The van der Waals surface area contributed by atoms with E-state index < -0.39 is 30.1 Å². The molecule has 0 aliphatic carbocycles. The maximum Gasteiger partial charge on any atom is 0.393 e. The van der Waals surface area contributed by atoms with Gasteiger partial charge in [-0.25, -0.2) is 23.7 Å². The van der Waals surface area contributed by atoms with E-state index in [4.69, 9.17) is 5.41 Å². The molecule has 0 radical (unpaired) electrons. The first-order valence-corrected chi connectivity index (χ1v) is 9.02. The second kappa shape index (κ2) is 8.86. The Morgan fingerprint density at radius 2 is 2.07 bits per heavy atom. The van der Waals surface area contributed by atoms with Gasteiger partial charge in [-0.2, -0.15) is 13.2 Å². The molecule has 1 aliphatic heterocycles. The fourth-order valence-corrected chi connectivity index (χ4v) is 3.22. The molecule has 2 aromatic rings. The summed E-state index contributed by atoms with van der Waals surface area (Å²) in [6, 6.07) is 1.50. The van der Waals surface area contributed by atoms with Gasteiger partial charge in [0.05, 0.1) is 29.2 Å². The zero-order valence-electron chi connectivity index (χ0n) is 15.6. The molecule has 0 unspecified atom stereocenters. The highest BCUT2D eigenvalue weighted by atomic mass is 19.4. The highest BCUT2D eigenvalue weighted by Gasteiger charge is 2.44. The normalized spacial score (nSPS) is 20.3. The molecular weight excluding hydrogens is 411 g/mol. The number of hydrogen-bond acceptors (Lipinski definition) is 6. The van der Waals surface area contributed by atoms with Crippen molar-refractivity contribution in [1.82, 2.24) is 19.9 Å². The minimum Gasteiger partial charge on any atom is -0.396 e. The minimum absolute atomic E-state index is 0.141. The number of nitrogens with zero attached hydrogens (tertiary/aromatic N) is 4. The molecule has 3 heterocycles. The summed E-state index contributed by atoms with van der Waals surface area (Å²) < 4.78 is 64.5. The minimum atomic E-state index is -4.38. The van der Waals surface area contributed by atoms with E-state index in [1.165, 1.54) is 29.6 Å². The quantitative estimate of drug-likeness (QED) is 0.483. The van der Waals surface area contributed by atoms with Crippen LogP contribution in [0.5, 0.6) is 0 Å². The zero-order chi connectivity index (χ0) is 21.9. The first kappa shape index (κ1) is 21.8. The molecule has 3 rings (SSSR count). The molecule has 30 heavy (non-hydrogen) atoms. The van der Waals surface area contributed by atoms with Crippen molar-refractivity contribution in [2.45, 2.75) is 19.0 Å². The van der Waals surface area contributed by atoms with E-state index in [2.05, 4.69) is 19.9 Å². The van der Waals surface area contributed by atoms with Crippen LogP contribution in [0, 0.1) is 17.2 Å². The van der Waals surface area contributed by atoms with Crippen molar-refractivity contribution in [1.29, 1.82) is 5.41 Å². The summed E-state index contributed by atoms with van der Waals surface area (Å²) in [5.74, 6) is -1.61. The number of allylic oxidation sites excluding steroid dienone is 1. The molecule has 1 saturated heterocycles. The predicted molar refractivity (Wildman–Crippen MR) is 99.3 cm³/mol. The number of H-pyrrole nitrogens is 1. The van der Waals surface area contributed by atoms with Crippen molar-refractivity contribution in [2.24, 2.45) is 11.8 Å². The van der Waals surface area contributed by atoms with Crippen LogP contribution >= 0.6 is 0 Å². The van der Waals surface area contributed by atoms with Gasteiger partial charge in [-0.3, -0.25) is 5.41 Å². The Bertz CT molecular complexity index is 912. The molecule has 0 amide bonds. The molecule has 1 aliphatic rings. The van der Waals surface area contributed by atoms with Gasteiger partial charge < -0.3 is 15.0 Å². The highest BCUT2D eigenvalue weighted by molar-refractivity contribution is 5.97. The number of aromatic amines is 1. The Kier molecular flexibility index (Phi) is 6.44. The predicted octanol–water partition coefficient (Wildman–Crippen LogP) is 3.16. The number of nitrogens with one attached hydrogen (secondary N) is 2. The summed E-state index contributed by atoms with van der Waals surface area (Å²) in [4.78, 5) is 16.4. The molecule has 0 aromatic carbocycles. The lowest BCUT2D eigenvalue weighted by Crippen LogP contribution is -2.47. The summed E-state index contributed by atoms with van der Waals surface area (Å²) in [5.41, 5.74) is -0.101. The fraction of sp³-hybridized carbons (Fsp3) is 0.444. The third-order valence-electron chi connectivity index (χ3n) is 4.76. The summed E-state index contributed by atoms with van der Waals surface area (Å²) in [6.45, 7) is -0.402. The molecule has 12 heteroatoms. The Labute approximate surface area is 168 Å². The van der Waals surface area contributed by atoms with Crippen LogP contribution in [-0.2, 0) is 0 Å². The Hall–Kier alpha value is -2.89. The molecule has 7 nitrogen and oxygen atoms in total. The van der Waals surface area contributed by atoms with Gasteiger partial charge >= 0.3 is 6.18 Å². The molecule has 3 N–H and O–H groups in total. The number of aliphatic hydroxyl groups is 1. The van der Waals surface area contributed by atoms with E-state index in [1.807, 2.05) is 0 Å². The largest absolute Gasteiger partial charge is 0.396 e. The number of anilines is 1. The van der Waals surface area contributed by atoms with Crippen LogP contribution in [0.2, 0.25) is 0 Å². The van der Waals surface area contributed by atoms with Crippen LogP contribution in [0.4, 0.5) is 27.8 Å². The monoisotopic (exact) mass is 430 g/mol. The van der Waals surface area contributed by atoms with Crippen LogP contribution in [0.3, 0.4) is 0 Å². The first-order valence-electron chi connectivity index (χ1n) is 9.02. The third-order valence-corrected chi connectivity index (χ3v) is 4.76. The number of hydrogen-bond donors (Lipinski definition) is 3. The van der Waals surface area contributed by atoms with Crippen molar-refractivity contribution >= 4 is 17.6 Å².